The molecule has 26 heavy (non-hydrogen) atoms. The monoisotopic (exact) mass is 341 g/mol. The Balaban J connectivity index is 1.54. The lowest BCUT2D eigenvalue weighted by atomic mass is 10.2. The molecule has 4 aromatic rings. The first-order valence-corrected chi connectivity index (χ1v) is 8.50. The molecule has 0 fully saturated rings. The number of aromatic nitrogens is 4. The number of benzene rings is 2. The summed E-state index contributed by atoms with van der Waals surface area (Å²) in [6.45, 7) is 2.72. The van der Waals surface area contributed by atoms with Crippen LogP contribution in [0.25, 0.3) is 11.3 Å². The van der Waals surface area contributed by atoms with E-state index in [1.54, 1.807) is 12.4 Å². The number of hydrogen-bond donors (Lipinski definition) is 1. The van der Waals surface area contributed by atoms with Crippen LogP contribution in [0.1, 0.15) is 11.3 Å². The number of hydrogen-bond acceptors (Lipinski definition) is 4. The first-order valence-electron chi connectivity index (χ1n) is 8.50. The molecule has 0 unspecified atom stereocenters. The molecule has 0 aliphatic heterocycles. The van der Waals surface area contributed by atoms with E-state index in [1.807, 2.05) is 66.3 Å². The van der Waals surface area contributed by atoms with Gasteiger partial charge in [-0.25, -0.2) is 4.98 Å². The van der Waals surface area contributed by atoms with E-state index in [9.17, 15) is 0 Å². The van der Waals surface area contributed by atoms with Crippen molar-refractivity contribution in [2.75, 3.05) is 5.32 Å². The van der Waals surface area contributed by atoms with Crippen LogP contribution in [-0.4, -0.2) is 19.7 Å². The maximum atomic E-state index is 4.66. The fourth-order valence-corrected chi connectivity index (χ4v) is 2.80. The number of anilines is 2. The van der Waals surface area contributed by atoms with E-state index in [4.69, 9.17) is 0 Å². The van der Waals surface area contributed by atoms with Crippen LogP contribution in [0.5, 0.6) is 0 Å². The molecule has 1 N–H and O–H groups in total. The molecular weight excluding hydrogens is 322 g/mol. The van der Waals surface area contributed by atoms with Crippen molar-refractivity contribution in [1.29, 1.82) is 0 Å². The highest BCUT2D eigenvalue weighted by molar-refractivity contribution is 5.63. The zero-order valence-electron chi connectivity index (χ0n) is 14.5. The molecule has 0 bridgehead atoms. The van der Waals surface area contributed by atoms with E-state index in [1.165, 1.54) is 5.56 Å². The number of aryl methyl sites for hydroxylation is 1. The average Bonchev–Trinajstić information content (AvgIpc) is 3.02. The summed E-state index contributed by atoms with van der Waals surface area (Å²) in [5.41, 5.74) is 4.95. The van der Waals surface area contributed by atoms with Crippen LogP contribution in [0.3, 0.4) is 0 Å². The van der Waals surface area contributed by atoms with E-state index in [0.29, 0.717) is 5.82 Å². The SMILES string of the molecule is Cc1nn(Cc2ccccc2)cc1Nc1cncc(-c2ccccc2)n1. The summed E-state index contributed by atoms with van der Waals surface area (Å²) in [6, 6.07) is 20.3. The number of nitrogens with zero attached hydrogens (tertiary/aromatic N) is 4. The lowest BCUT2D eigenvalue weighted by molar-refractivity contribution is 0.679. The third-order valence-corrected chi connectivity index (χ3v) is 4.10. The van der Waals surface area contributed by atoms with Gasteiger partial charge in [0.1, 0.15) is 5.82 Å². The van der Waals surface area contributed by atoms with Gasteiger partial charge in [0.2, 0.25) is 0 Å². The van der Waals surface area contributed by atoms with Crippen molar-refractivity contribution in [3.8, 4) is 11.3 Å². The smallest absolute Gasteiger partial charge is 0.149 e. The molecule has 0 atom stereocenters. The van der Waals surface area contributed by atoms with E-state index >= 15 is 0 Å². The molecule has 128 valence electrons. The Kier molecular flexibility index (Phi) is 4.43. The summed E-state index contributed by atoms with van der Waals surface area (Å²) in [4.78, 5) is 8.97. The van der Waals surface area contributed by atoms with Crippen molar-refractivity contribution in [3.63, 3.8) is 0 Å². The van der Waals surface area contributed by atoms with Crippen molar-refractivity contribution in [1.82, 2.24) is 19.7 Å². The van der Waals surface area contributed by atoms with E-state index in [2.05, 4.69) is 32.5 Å². The van der Waals surface area contributed by atoms with Gasteiger partial charge in [0.15, 0.2) is 0 Å². The molecule has 4 rings (SSSR count). The van der Waals surface area contributed by atoms with Gasteiger partial charge in [-0.05, 0) is 12.5 Å². The van der Waals surface area contributed by atoms with Crippen LogP contribution in [0, 0.1) is 6.92 Å². The van der Waals surface area contributed by atoms with Crippen molar-refractivity contribution < 1.29 is 0 Å². The minimum absolute atomic E-state index is 0.703. The van der Waals surface area contributed by atoms with Crippen LogP contribution in [0.15, 0.2) is 79.3 Å². The standard InChI is InChI=1S/C21H19N5/c1-16-20(15-26(25-16)14-17-8-4-2-5-9-17)24-21-13-22-12-19(23-21)18-10-6-3-7-11-18/h2-13,15H,14H2,1H3,(H,23,24). The fourth-order valence-electron chi connectivity index (χ4n) is 2.80. The molecule has 0 saturated heterocycles. The van der Waals surface area contributed by atoms with Crippen LogP contribution in [0.4, 0.5) is 11.5 Å². The molecule has 5 nitrogen and oxygen atoms in total. The molecule has 2 heterocycles. The summed E-state index contributed by atoms with van der Waals surface area (Å²) >= 11 is 0. The second-order valence-corrected chi connectivity index (χ2v) is 6.09. The Morgan fingerprint density at radius 2 is 1.65 bits per heavy atom. The fraction of sp³-hybridized carbons (Fsp3) is 0.0952. The third-order valence-electron chi connectivity index (χ3n) is 4.10. The van der Waals surface area contributed by atoms with Gasteiger partial charge < -0.3 is 5.32 Å². The van der Waals surface area contributed by atoms with Gasteiger partial charge in [0.05, 0.1) is 36.0 Å². The summed E-state index contributed by atoms with van der Waals surface area (Å²) < 4.78 is 1.93. The Morgan fingerprint density at radius 1 is 0.923 bits per heavy atom. The van der Waals surface area contributed by atoms with Gasteiger partial charge in [-0.15, -0.1) is 0 Å². The third kappa shape index (κ3) is 3.62. The highest BCUT2D eigenvalue weighted by atomic mass is 15.3. The van der Waals surface area contributed by atoms with Crippen molar-refractivity contribution in [3.05, 3.63) is 90.5 Å². The van der Waals surface area contributed by atoms with Crippen LogP contribution in [-0.2, 0) is 6.54 Å². The first-order chi connectivity index (χ1) is 12.8. The summed E-state index contributed by atoms with van der Waals surface area (Å²) in [7, 11) is 0. The van der Waals surface area contributed by atoms with Crippen LogP contribution < -0.4 is 5.32 Å². The molecule has 0 saturated carbocycles. The van der Waals surface area contributed by atoms with Crippen molar-refractivity contribution >= 4 is 11.5 Å². The predicted molar refractivity (Wildman–Crippen MR) is 103 cm³/mol. The maximum absolute atomic E-state index is 4.66. The summed E-state index contributed by atoms with van der Waals surface area (Å²) in [5.74, 6) is 0.703. The van der Waals surface area contributed by atoms with Gasteiger partial charge in [-0.3, -0.25) is 9.67 Å². The zero-order valence-corrected chi connectivity index (χ0v) is 14.5. The Morgan fingerprint density at radius 3 is 2.42 bits per heavy atom. The van der Waals surface area contributed by atoms with E-state index in [-0.39, 0.29) is 0 Å². The van der Waals surface area contributed by atoms with Gasteiger partial charge in [0, 0.05) is 11.8 Å². The Bertz CT molecular complexity index is 993. The van der Waals surface area contributed by atoms with Gasteiger partial charge in [0.25, 0.3) is 0 Å². The van der Waals surface area contributed by atoms with Gasteiger partial charge in [-0.2, -0.15) is 5.10 Å². The van der Waals surface area contributed by atoms with E-state index < -0.39 is 0 Å². The van der Waals surface area contributed by atoms with Gasteiger partial charge in [-0.1, -0.05) is 60.7 Å². The normalized spacial score (nSPS) is 10.7. The minimum atomic E-state index is 0.703. The maximum Gasteiger partial charge on any atom is 0.149 e. The first kappa shape index (κ1) is 16.0. The zero-order chi connectivity index (χ0) is 17.8. The summed E-state index contributed by atoms with van der Waals surface area (Å²) in [6.07, 6.45) is 5.49. The molecule has 0 aliphatic carbocycles. The molecule has 2 aromatic heterocycles. The highest BCUT2D eigenvalue weighted by Crippen LogP contribution is 2.21. The molecular formula is C21H19N5. The molecule has 0 amide bonds. The predicted octanol–water partition coefficient (Wildman–Crippen LogP) is 4.44. The molecule has 2 aromatic carbocycles. The van der Waals surface area contributed by atoms with E-state index in [0.717, 1.165) is 29.2 Å². The van der Waals surface area contributed by atoms with Crippen LogP contribution in [0.2, 0.25) is 0 Å². The number of nitrogens with one attached hydrogen (secondary N) is 1. The second kappa shape index (κ2) is 7.19. The topological polar surface area (TPSA) is 55.6 Å². The summed E-state index contributed by atoms with van der Waals surface area (Å²) in [5, 5.41) is 7.92. The highest BCUT2D eigenvalue weighted by Gasteiger charge is 2.08. The minimum Gasteiger partial charge on any atom is -0.336 e. The molecule has 0 aliphatic rings. The largest absolute Gasteiger partial charge is 0.336 e. The second-order valence-electron chi connectivity index (χ2n) is 6.09. The molecule has 5 heteroatoms. The lowest BCUT2D eigenvalue weighted by Crippen LogP contribution is -1.99. The van der Waals surface area contributed by atoms with Crippen molar-refractivity contribution in [2.45, 2.75) is 13.5 Å². The van der Waals surface area contributed by atoms with Crippen LogP contribution >= 0.6 is 0 Å². The molecule has 0 radical (unpaired) electrons. The Hall–Kier alpha value is -3.47. The van der Waals surface area contributed by atoms with Crippen molar-refractivity contribution in [2.24, 2.45) is 0 Å². The Labute approximate surface area is 152 Å². The average molecular weight is 341 g/mol. The molecule has 0 spiro atoms. The number of rotatable bonds is 5. The van der Waals surface area contributed by atoms with Gasteiger partial charge >= 0.3 is 0 Å². The lowest BCUT2D eigenvalue weighted by Gasteiger charge is -2.06. The quantitative estimate of drug-likeness (QED) is 0.583.